The van der Waals surface area contributed by atoms with E-state index in [1.165, 1.54) is 0 Å². The Kier molecular flexibility index (Phi) is 5.80. The highest BCUT2D eigenvalue weighted by atomic mass is 35.5. The predicted octanol–water partition coefficient (Wildman–Crippen LogP) is 3.22. The standard InChI is InChI=1S/C11H12ClF2N3O5/c1-11(2,3)22-10(19)21-9(18)17-7-5(20-8(13)14)6(12)15-4-16-7/h4,8H,1-3H3,(H,15,16,17,18). The van der Waals surface area contributed by atoms with Crippen molar-refractivity contribution in [2.45, 2.75) is 33.0 Å². The Balaban J connectivity index is 2.76. The van der Waals surface area contributed by atoms with E-state index in [4.69, 9.17) is 16.3 Å². The molecule has 0 unspecified atom stereocenters. The number of carbonyl (C=O) groups is 2. The summed E-state index contributed by atoms with van der Waals surface area (Å²) in [5.41, 5.74) is -0.875. The zero-order chi connectivity index (χ0) is 16.9. The lowest BCUT2D eigenvalue weighted by Crippen LogP contribution is -2.28. The third kappa shape index (κ3) is 6.04. The molecule has 22 heavy (non-hydrogen) atoms. The average Bonchev–Trinajstić information content (AvgIpc) is 2.30. The average molecular weight is 340 g/mol. The summed E-state index contributed by atoms with van der Waals surface area (Å²) < 4.78 is 37.6. The molecule has 0 radical (unpaired) electrons. The molecule has 1 heterocycles. The Labute approximate surface area is 128 Å². The summed E-state index contributed by atoms with van der Waals surface area (Å²) in [6.45, 7) is 1.46. The number of ether oxygens (including phenoxy) is 3. The van der Waals surface area contributed by atoms with E-state index in [1.54, 1.807) is 20.8 Å². The van der Waals surface area contributed by atoms with Gasteiger partial charge in [0.15, 0.2) is 11.0 Å². The molecule has 8 nitrogen and oxygen atoms in total. The first-order valence-electron chi connectivity index (χ1n) is 5.75. The number of rotatable bonds is 3. The molecule has 0 saturated heterocycles. The Bertz CT molecular complexity index is 565. The Hall–Kier alpha value is -2.23. The van der Waals surface area contributed by atoms with Gasteiger partial charge >= 0.3 is 18.9 Å². The Morgan fingerprint density at radius 1 is 1.32 bits per heavy atom. The molecular weight excluding hydrogens is 328 g/mol. The minimum Gasteiger partial charge on any atom is -0.428 e. The van der Waals surface area contributed by atoms with Gasteiger partial charge in [0.2, 0.25) is 5.75 Å². The van der Waals surface area contributed by atoms with E-state index in [9.17, 15) is 18.4 Å². The lowest BCUT2D eigenvalue weighted by atomic mass is 10.2. The maximum absolute atomic E-state index is 12.3. The smallest absolute Gasteiger partial charge is 0.428 e. The number of halogens is 3. The van der Waals surface area contributed by atoms with E-state index in [1.807, 2.05) is 5.32 Å². The largest absolute Gasteiger partial charge is 0.517 e. The number of nitrogens with zero attached hydrogens (tertiary/aromatic N) is 2. The minimum absolute atomic E-state index is 0.456. The van der Waals surface area contributed by atoms with Crippen molar-refractivity contribution in [3.63, 3.8) is 0 Å². The third-order valence-corrected chi connectivity index (χ3v) is 2.02. The molecule has 1 amide bonds. The number of nitrogens with one attached hydrogen (secondary N) is 1. The second kappa shape index (κ2) is 7.16. The van der Waals surface area contributed by atoms with Crippen molar-refractivity contribution in [2.24, 2.45) is 0 Å². The van der Waals surface area contributed by atoms with Crippen LogP contribution >= 0.6 is 11.6 Å². The predicted molar refractivity (Wildman–Crippen MR) is 70.0 cm³/mol. The van der Waals surface area contributed by atoms with E-state index >= 15 is 0 Å². The highest BCUT2D eigenvalue weighted by molar-refractivity contribution is 6.31. The van der Waals surface area contributed by atoms with Gasteiger partial charge in [-0.2, -0.15) is 8.78 Å². The molecule has 0 aromatic carbocycles. The summed E-state index contributed by atoms with van der Waals surface area (Å²) in [5, 5.41) is 1.46. The number of aromatic nitrogens is 2. The summed E-state index contributed by atoms with van der Waals surface area (Å²) in [6.07, 6.45) is -1.70. The van der Waals surface area contributed by atoms with Gasteiger partial charge in [-0.25, -0.2) is 19.6 Å². The first kappa shape index (κ1) is 17.8. The third-order valence-electron chi connectivity index (χ3n) is 1.75. The van der Waals surface area contributed by atoms with Crippen molar-refractivity contribution in [3.05, 3.63) is 11.5 Å². The molecule has 122 valence electrons. The molecule has 0 spiro atoms. The van der Waals surface area contributed by atoms with Gasteiger partial charge in [0.05, 0.1) is 0 Å². The molecule has 11 heteroatoms. The van der Waals surface area contributed by atoms with Crippen LogP contribution in [-0.2, 0) is 9.47 Å². The van der Waals surface area contributed by atoms with Gasteiger partial charge in [0.1, 0.15) is 11.9 Å². The van der Waals surface area contributed by atoms with E-state index in [2.05, 4.69) is 19.4 Å². The van der Waals surface area contributed by atoms with Crippen LogP contribution in [0.3, 0.4) is 0 Å². The monoisotopic (exact) mass is 339 g/mol. The molecule has 1 N–H and O–H groups in total. The fraction of sp³-hybridized carbons (Fsp3) is 0.455. The normalized spacial score (nSPS) is 11.0. The zero-order valence-corrected chi connectivity index (χ0v) is 12.5. The molecule has 1 aromatic heterocycles. The van der Waals surface area contributed by atoms with Crippen molar-refractivity contribution >= 4 is 29.7 Å². The van der Waals surface area contributed by atoms with Gasteiger partial charge in [-0.3, -0.25) is 5.32 Å². The quantitative estimate of drug-likeness (QED) is 0.512. The van der Waals surface area contributed by atoms with Crippen LogP contribution < -0.4 is 10.1 Å². The van der Waals surface area contributed by atoms with Crippen molar-refractivity contribution in [2.75, 3.05) is 5.32 Å². The van der Waals surface area contributed by atoms with Gasteiger partial charge < -0.3 is 14.2 Å². The van der Waals surface area contributed by atoms with Crippen LogP contribution in [0.25, 0.3) is 0 Å². The van der Waals surface area contributed by atoms with Crippen LogP contribution in [0.4, 0.5) is 24.2 Å². The van der Waals surface area contributed by atoms with Gasteiger partial charge in [-0.1, -0.05) is 11.6 Å². The van der Waals surface area contributed by atoms with E-state index in [-0.39, 0.29) is 0 Å². The van der Waals surface area contributed by atoms with Gasteiger partial charge in [0.25, 0.3) is 0 Å². The number of hydrogen-bond donors (Lipinski definition) is 1. The maximum atomic E-state index is 12.3. The van der Waals surface area contributed by atoms with Crippen LogP contribution in [0.2, 0.25) is 5.15 Å². The number of anilines is 1. The van der Waals surface area contributed by atoms with Crippen molar-refractivity contribution in [3.8, 4) is 5.75 Å². The van der Waals surface area contributed by atoms with Gasteiger partial charge in [-0.15, -0.1) is 0 Å². The van der Waals surface area contributed by atoms with Crippen molar-refractivity contribution < 1.29 is 32.6 Å². The molecule has 0 aliphatic heterocycles. The Morgan fingerprint density at radius 2 is 1.95 bits per heavy atom. The van der Waals surface area contributed by atoms with Gasteiger partial charge in [-0.05, 0) is 20.8 Å². The molecule has 0 saturated carbocycles. The first-order valence-corrected chi connectivity index (χ1v) is 6.13. The van der Waals surface area contributed by atoms with Gasteiger partial charge in [0, 0.05) is 0 Å². The molecule has 0 aliphatic rings. The second-order valence-corrected chi connectivity index (χ2v) is 5.06. The van der Waals surface area contributed by atoms with E-state index in [0.29, 0.717) is 0 Å². The topological polar surface area (TPSA) is 99.6 Å². The summed E-state index contributed by atoms with van der Waals surface area (Å²) in [5.74, 6) is -1.16. The molecule has 0 fully saturated rings. The van der Waals surface area contributed by atoms with E-state index < -0.39 is 41.2 Å². The minimum atomic E-state index is -3.22. The van der Waals surface area contributed by atoms with Crippen LogP contribution in [0.1, 0.15) is 20.8 Å². The maximum Gasteiger partial charge on any atom is 0.517 e. The highest BCUT2D eigenvalue weighted by Crippen LogP contribution is 2.30. The zero-order valence-electron chi connectivity index (χ0n) is 11.7. The molecule has 0 aliphatic carbocycles. The number of amides is 1. The van der Waals surface area contributed by atoms with Crippen LogP contribution in [0.5, 0.6) is 5.75 Å². The number of hydrogen-bond acceptors (Lipinski definition) is 7. The van der Waals surface area contributed by atoms with Crippen molar-refractivity contribution in [1.82, 2.24) is 9.97 Å². The second-order valence-electron chi connectivity index (χ2n) is 4.70. The first-order chi connectivity index (χ1) is 10.1. The van der Waals surface area contributed by atoms with E-state index in [0.717, 1.165) is 6.33 Å². The lowest BCUT2D eigenvalue weighted by molar-refractivity contribution is -0.0498. The van der Waals surface area contributed by atoms with Crippen LogP contribution in [0.15, 0.2) is 6.33 Å². The fourth-order valence-corrected chi connectivity index (χ4v) is 1.28. The molecule has 0 atom stereocenters. The number of carbonyl (C=O) groups excluding carboxylic acids is 2. The summed E-state index contributed by atoms with van der Waals surface area (Å²) in [7, 11) is 0. The SMILES string of the molecule is CC(C)(C)OC(=O)OC(=O)Nc1ncnc(Cl)c1OC(F)F. The molecule has 0 bridgehead atoms. The number of alkyl halides is 2. The molecule has 1 rings (SSSR count). The molecule has 1 aromatic rings. The van der Waals surface area contributed by atoms with Crippen molar-refractivity contribution in [1.29, 1.82) is 0 Å². The lowest BCUT2D eigenvalue weighted by Gasteiger charge is -2.18. The Morgan fingerprint density at radius 3 is 2.50 bits per heavy atom. The molecular formula is C11H12ClF2N3O5. The highest BCUT2D eigenvalue weighted by Gasteiger charge is 2.23. The summed E-state index contributed by atoms with van der Waals surface area (Å²) in [4.78, 5) is 29.7. The summed E-state index contributed by atoms with van der Waals surface area (Å²) in [6, 6.07) is 0. The fourth-order valence-electron chi connectivity index (χ4n) is 1.10. The van der Waals surface area contributed by atoms with Crippen LogP contribution in [-0.4, -0.2) is 34.4 Å². The summed E-state index contributed by atoms with van der Waals surface area (Å²) >= 11 is 5.56. The van der Waals surface area contributed by atoms with Crippen LogP contribution in [0, 0.1) is 0 Å².